The van der Waals surface area contributed by atoms with Crippen molar-refractivity contribution in [3.05, 3.63) is 0 Å². The summed E-state index contributed by atoms with van der Waals surface area (Å²) in [4.78, 5) is 2.09. The molecule has 104 valence electrons. The molecule has 7 heteroatoms. The third-order valence-corrected chi connectivity index (χ3v) is 4.29. The third kappa shape index (κ3) is 6.95. The average molecular weight is 266 g/mol. The summed E-state index contributed by atoms with van der Waals surface area (Å²) in [6.07, 6.45) is 0.670. The van der Waals surface area contributed by atoms with Crippen molar-refractivity contribution in [1.29, 1.82) is 0 Å². The molecule has 0 radical (unpaired) electrons. The summed E-state index contributed by atoms with van der Waals surface area (Å²) in [5.74, 6) is 0. The fourth-order valence-electron chi connectivity index (χ4n) is 1.15. The average Bonchev–Trinajstić information content (AvgIpc) is 2.25. The molecule has 3 N–H and O–H groups in total. The van der Waals surface area contributed by atoms with Gasteiger partial charge < -0.3 is 10.6 Å². The first kappa shape index (κ1) is 16.8. The molecule has 0 aliphatic rings. The second-order valence-electron chi connectivity index (χ2n) is 4.44. The summed E-state index contributed by atoms with van der Waals surface area (Å²) in [7, 11) is 0.176. The van der Waals surface area contributed by atoms with Crippen LogP contribution in [0.5, 0.6) is 0 Å². The number of nitrogens with two attached hydrogens (primary N) is 1. The summed E-state index contributed by atoms with van der Waals surface area (Å²) < 4.78 is 27.4. The molecule has 0 saturated heterocycles. The number of likely N-dealkylation sites (N-methyl/N-ethyl adjacent to an activating group) is 1. The Morgan fingerprint density at radius 3 is 2.29 bits per heavy atom. The van der Waals surface area contributed by atoms with E-state index in [4.69, 9.17) is 5.73 Å². The highest BCUT2D eigenvalue weighted by Crippen LogP contribution is 1.96. The van der Waals surface area contributed by atoms with E-state index >= 15 is 0 Å². The molecule has 0 rings (SSSR count). The van der Waals surface area contributed by atoms with Crippen molar-refractivity contribution >= 4 is 10.2 Å². The maximum atomic E-state index is 11.7. The maximum Gasteiger partial charge on any atom is 0.279 e. The third-order valence-electron chi connectivity index (χ3n) is 2.72. The maximum absolute atomic E-state index is 11.7. The van der Waals surface area contributed by atoms with Crippen LogP contribution in [0, 0.1) is 0 Å². The van der Waals surface area contributed by atoms with Gasteiger partial charge in [-0.2, -0.15) is 12.7 Å². The standard InChI is InChI=1S/C10H26N4O2S/c1-10(2)13(3)9-7-12-17(15,16)14(4)8-5-6-11/h10,12H,5-9,11H2,1-4H3. The molecule has 0 spiro atoms. The summed E-state index contributed by atoms with van der Waals surface area (Å²) in [5, 5.41) is 0. The molecule has 0 saturated carbocycles. The Balaban J connectivity index is 4.01. The molecule has 0 aromatic carbocycles. The van der Waals surface area contributed by atoms with Gasteiger partial charge in [0, 0.05) is 32.7 Å². The summed E-state index contributed by atoms with van der Waals surface area (Å²) in [6.45, 7) is 6.21. The molecule has 0 aromatic rings. The van der Waals surface area contributed by atoms with Crippen LogP contribution < -0.4 is 10.5 Å². The molecular weight excluding hydrogens is 240 g/mol. The molecule has 0 unspecified atom stereocenters. The second-order valence-corrected chi connectivity index (χ2v) is 6.30. The minimum absolute atomic E-state index is 0.412. The molecule has 0 atom stereocenters. The van der Waals surface area contributed by atoms with E-state index in [2.05, 4.69) is 23.5 Å². The Hall–Kier alpha value is -0.210. The Labute approximate surface area is 105 Å². The Morgan fingerprint density at radius 1 is 1.24 bits per heavy atom. The van der Waals surface area contributed by atoms with Crippen molar-refractivity contribution in [3.63, 3.8) is 0 Å². The molecule has 17 heavy (non-hydrogen) atoms. The summed E-state index contributed by atoms with van der Waals surface area (Å²) >= 11 is 0. The zero-order valence-electron chi connectivity index (χ0n) is 11.3. The smallest absolute Gasteiger partial charge is 0.279 e. The topological polar surface area (TPSA) is 78.7 Å². The fraction of sp³-hybridized carbons (Fsp3) is 1.00. The quantitative estimate of drug-likeness (QED) is 0.586. The lowest BCUT2D eigenvalue weighted by Crippen LogP contribution is -2.42. The van der Waals surface area contributed by atoms with Gasteiger partial charge in [-0.3, -0.25) is 0 Å². The normalized spacial score (nSPS) is 12.9. The first-order valence-electron chi connectivity index (χ1n) is 5.92. The lowest BCUT2D eigenvalue weighted by Gasteiger charge is -2.22. The molecule has 0 bridgehead atoms. The molecular formula is C10H26N4O2S. The number of hydrogen-bond acceptors (Lipinski definition) is 4. The Bertz CT molecular complexity index is 293. The van der Waals surface area contributed by atoms with Crippen molar-refractivity contribution in [3.8, 4) is 0 Å². The molecule has 0 aliphatic carbocycles. The van der Waals surface area contributed by atoms with Gasteiger partial charge in [-0.05, 0) is 33.9 Å². The number of rotatable bonds is 9. The van der Waals surface area contributed by atoms with Crippen LogP contribution in [0.1, 0.15) is 20.3 Å². The van der Waals surface area contributed by atoms with Gasteiger partial charge in [-0.25, -0.2) is 4.72 Å². The van der Waals surface area contributed by atoms with E-state index in [1.54, 1.807) is 7.05 Å². The molecule has 0 fully saturated rings. The number of hydrogen-bond donors (Lipinski definition) is 2. The van der Waals surface area contributed by atoms with Gasteiger partial charge in [0.25, 0.3) is 10.2 Å². The number of nitrogens with zero attached hydrogens (tertiary/aromatic N) is 2. The van der Waals surface area contributed by atoms with Crippen molar-refractivity contribution in [2.24, 2.45) is 5.73 Å². The first-order valence-corrected chi connectivity index (χ1v) is 7.36. The van der Waals surface area contributed by atoms with Crippen LogP contribution in [0.2, 0.25) is 0 Å². The summed E-state index contributed by atoms with van der Waals surface area (Å²) in [5.41, 5.74) is 5.34. The van der Waals surface area contributed by atoms with E-state index in [0.717, 1.165) is 0 Å². The first-order chi connectivity index (χ1) is 7.81. The van der Waals surface area contributed by atoms with Gasteiger partial charge >= 0.3 is 0 Å². The monoisotopic (exact) mass is 266 g/mol. The second kappa shape index (κ2) is 7.99. The highest BCUT2D eigenvalue weighted by Gasteiger charge is 2.16. The Morgan fingerprint density at radius 2 is 1.82 bits per heavy atom. The lowest BCUT2D eigenvalue weighted by molar-refractivity contribution is 0.278. The van der Waals surface area contributed by atoms with Crippen molar-refractivity contribution in [1.82, 2.24) is 13.9 Å². The predicted octanol–water partition coefficient (Wildman–Crippen LogP) is -0.558. The van der Waals surface area contributed by atoms with Crippen molar-refractivity contribution < 1.29 is 8.42 Å². The van der Waals surface area contributed by atoms with Gasteiger partial charge in [0.1, 0.15) is 0 Å². The van der Waals surface area contributed by atoms with Gasteiger partial charge in [-0.15, -0.1) is 0 Å². The lowest BCUT2D eigenvalue weighted by atomic mass is 10.3. The van der Waals surface area contributed by atoms with Gasteiger partial charge in [0.2, 0.25) is 0 Å². The van der Waals surface area contributed by atoms with Gasteiger partial charge in [-0.1, -0.05) is 0 Å². The number of nitrogens with one attached hydrogen (secondary N) is 1. The molecule has 0 heterocycles. The van der Waals surface area contributed by atoms with Gasteiger partial charge in [0.05, 0.1) is 0 Å². The van der Waals surface area contributed by atoms with E-state index in [1.165, 1.54) is 4.31 Å². The van der Waals surface area contributed by atoms with E-state index in [-0.39, 0.29) is 0 Å². The highest BCUT2D eigenvalue weighted by molar-refractivity contribution is 7.87. The summed E-state index contributed by atoms with van der Waals surface area (Å²) in [6, 6.07) is 0.412. The predicted molar refractivity (Wildman–Crippen MR) is 71.0 cm³/mol. The van der Waals surface area contributed by atoms with E-state index < -0.39 is 10.2 Å². The van der Waals surface area contributed by atoms with Crippen LogP contribution in [0.4, 0.5) is 0 Å². The van der Waals surface area contributed by atoms with E-state index in [0.29, 0.717) is 38.6 Å². The molecule has 0 aliphatic heterocycles. The SMILES string of the molecule is CC(C)N(C)CCNS(=O)(=O)N(C)CCCN. The van der Waals surface area contributed by atoms with Crippen molar-refractivity contribution in [2.75, 3.05) is 40.3 Å². The van der Waals surface area contributed by atoms with Crippen molar-refractivity contribution in [2.45, 2.75) is 26.3 Å². The molecule has 6 nitrogen and oxygen atoms in total. The van der Waals surface area contributed by atoms with Crippen LogP contribution in [-0.2, 0) is 10.2 Å². The minimum atomic E-state index is -3.35. The largest absolute Gasteiger partial charge is 0.330 e. The van der Waals surface area contributed by atoms with Gasteiger partial charge in [0.15, 0.2) is 0 Å². The van der Waals surface area contributed by atoms with Crippen LogP contribution in [0.15, 0.2) is 0 Å². The van der Waals surface area contributed by atoms with E-state index in [9.17, 15) is 8.42 Å². The van der Waals surface area contributed by atoms with Crippen LogP contribution in [-0.4, -0.2) is 63.9 Å². The zero-order valence-corrected chi connectivity index (χ0v) is 12.1. The van der Waals surface area contributed by atoms with Crippen LogP contribution in [0.3, 0.4) is 0 Å². The highest BCUT2D eigenvalue weighted by atomic mass is 32.2. The van der Waals surface area contributed by atoms with Crippen LogP contribution in [0.25, 0.3) is 0 Å². The zero-order chi connectivity index (χ0) is 13.5. The Kier molecular flexibility index (Phi) is 7.89. The minimum Gasteiger partial charge on any atom is -0.330 e. The van der Waals surface area contributed by atoms with Crippen LogP contribution >= 0.6 is 0 Å². The fourth-order valence-corrected chi connectivity index (χ4v) is 2.09. The molecule has 0 aromatic heterocycles. The van der Waals surface area contributed by atoms with E-state index in [1.807, 2.05) is 7.05 Å². The molecule has 0 amide bonds.